The zero-order chi connectivity index (χ0) is 26.2. The molecule has 0 N–H and O–H groups in total. The number of hydrogen-bond donors (Lipinski definition) is 0. The van der Waals surface area contributed by atoms with Gasteiger partial charge in [-0.2, -0.15) is 0 Å². The number of methoxy groups -OCH3 is 3. The van der Waals surface area contributed by atoms with Crippen LogP contribution in [0, 0.1) is 11.7 Å². The molecule has 0 amide bonds. The van der Waals surface area contributed by atoms with Crippen molar-refractivity contribution in [3.05, 3.63) is 107 Å². The lowest BCUT2D eigenvalue weighted by atomic mass is 9.80. The standard InChI is InChI=1S/C31H26FNO4S/c1-34-21-12-8-18(9-13-21)30-28-29(22-6-4-5-7-24(22)37-30)33-23-14-11-20(32)17-27(23)38-31(28)19-10-15-25(35-2)26(16-19)36-3/h4-17,28,30-31H,1-3H3. The van der Waals surface area contributed by atoms with E-state index in [1.54, 1.807) is 45.2 Å². The minimum atomic E-state index is -0.348. The van der Waals surface area contributed by atoms with Crippen LogP contribution in [0.25, 0.3) is 0 Å². The zero-order valence-corrected chi connectivity index (χ0v) is 22.0. The molecule has 3 unspecified atom stereocenters. The Morgan fingerprint density at radius 1 is 0.789 bits per heavy atom. The third kappa shape index (κ3) is 4.27. The first kappa shape index (κ1) is 24.4. The van der Waals surface area contributed by atoms with E-state index in [1.807, 2.05) is 66.7 Å². The van der Waals surface area contributed by atoms with Crippen molar-refractivity contribution >= 4 is 23.2 Å². The summed E-state index contributed by atoms with van der Waals surface area (Å²) >= 11 is 1.59. The fourth-order valence-corrected chi connectivity index (χ4v) is 6.53. The lowest BCUT2D eigenvalue weighted by Crippen LogP contribution is -2.35. The number of halogens is 1. The topological polar surface area (TPSA) is 49.3 Å². The third-order valence-corrected chi connectivity index (χ3v) is 8.38. The minimum Gasteiger partial charge on any atom is -0.497 e. The number of nitrogens with zero attached hydrogens (tertiary/aromatic N) is 1. The summed E-state index contributed by atoms with van der Waals surface area (Å²) in [5.41, 5.74) is 4.59. The van der Waals surface area contributed by atoms with E-state index in [1.165, 1.54) is 6.07 Å². The van der Waals surface area contributed by atoms with Gasteiger partial charge in [0.15, 0.2) is 11.5 Å². The SMILES string of the molecule is COc1ccc(C2Oc3ccccc3C3=Nc4ccc(F)cc4SC(c4ccc(OC)c(OC)c4)C32)cc1. The van der Waals surface area contributed by atoms with E-state index in [9.17, 15) is 4.39 Å². The highest BCUT2D eigenvalue weighted by Gasteiger charge is 2.44. The maximum atomic E-state index is 14.5. The maximum absolute atomic E-state index is 14.5. The van der Waals surface area contributed by atoms with Gasteiger partial charge < -0.3 is 18.9 Å². The van der Waals surface area contributed by atoms with Gasteiger partial charge in [-0.15, -0.1) is 11.8 Å². The molecule has 192 valence electrons. The normalized spacial score (nSPS) is 19.6. The Morgan fingerprint density at radius 3 is 2.32 bits per heavy atom. The monoisotopic (exact) mass is 527 g/mol. The van der Waals surface area contributed by atoms with Crippen LogP contribution in [0.3, 0.4) is 0 Å². The molecule has 4 aromatic rings. The van der Waals surface area contributed by atoms with Crippen LogP contribution < -0.4 is 18.9 Å². The summed E-state index contributed by atoms with van der Waals surface area (Å²) in [6.45, 7) is 0. The van der Waals surface area contributed by atoms with Crippen LogP contribution in [-0.4, -0.2) is 27.0 Å². The summed E-state index contributed by atoms with van der Waals surface area (Å²) in [6, 6.07) is 26.6. The lowest BCUT2D eigenvalue weighted by Gasteiger charge is -2.38. The Kier molecular flexibility index (Phi) is 6.45. The fraction of sp³-hybridized carbons (Fsp3) is 0.194. The number of rotatable bonds is 5. The molecule has 7 heteroatoms. The Morgan fingerprint density at radius 2 is 1.55 bits per heavy atom. The smallest absolute Gasteiger partial charge is 0.161 e. The van der Waals surface area contributed by atoms with Gasteiger partial charge >= 0.3 is 0 Å². The number of benzene rings is 4. The molecule has 2 aliphatic rings. The molecule has 0 spiro atoms. The van der Waals surface area contributed by atoms with E-state index in [0.717, 1.165) is 44.5 Å². The van der Waals surface area contributed by atoms with Crippen LogP contribution in [0.1, 0.15) is 28.0 Å². The van der Waals surface area contributed by atoms with Crippen molar-refractivity contribution in [3.63, 3.8) is 0 Å². The van der Waals surface area contributed by atoms with Gasteiger partial charge in [-0.1, -0.05) is 30.3 Å². The number of hydrogen-bond acceptors (Lipinski definition) is 6. The average molecular weight is 528 g/mol. The number of para-hydroxylation sites is 1. The first-order valence-electron chi connectivity index (χ1n) is 12.3. The average Bonchev–Trinajstić information content (AvgIpc) is 3.13. The Labute approximate surface area is 225 Å². The Balaban J connectivity index is 1.59. The summed E-state index contributed by atoms with van der Waals surface area (Å²) < 4.78 is 37.7. The van der Waals surface area contributed by atoms with E-state index in [-0.39, 0.29) is 23.1 Å². The lowest BCUT2D eigenvalue weighted by molar-refractivity contribution is 0.156. The molecule has 2 aliphatic heterocycles. The van der Waals surface area contributed by atoms with E-state index >= 15 is 0 Å². The van der Waals surface area contributed by atoms with Gasteiger partial charge in [-0.25, -0.2) is 4.39 Å². The Hall–Kier alpha value is -3.97. The zero-order valence-electron chi connectivity index (χ0n) is 21.2. The van der Waals surface area contributed by atoms with Crippen molar-refractivity contribution in [2.24, 2.45) is 10.9 Å². The minimum absolute atomic E-state index is 0.169. The molecule has 0 saturated carbocycles. The molecule has 38 heavy (non-hydrogen) atoms. The van der Waals surface area contributed by atoms with Gasteiger partial charge in [0.1, 0.15) is 23.4 Å². The van der Waals surface area contributed by atoms with Crippen molar-refractivity contribution < 1.29 is 23.3 Å². The van der Waals surface area contributed by atoms with Crippen molar-refractivity contribution in [2.45, 2.75) is 16.2 Å². The van der Waals surface area contributed by atoms with Crippen molar-refractivity contribution in [1.29, 1.82) is 0 Å². The molecule has 0 radical (unpaired) electrons. The summed E-state index contributed by atoms with van der Waals surface area (Å²) in [5, 5.41) is -0.169. The van der Waals surface area contributed by atoms with E-state index in [2.05, 4.69) is 0 Å². The molecule has 4 aromatic carbocycles. The molecule has 2 heterocycles. The quantitative estimate of drug-likeness (QED) is 0.268. The van der Waals surface area contributed by atoms with Gasteiger partial charge in [-0.3, -0.25) is 4.99 Å². The highest BCUT2D eigenvalue weighted by atomic mass is 32.2. The Bertz CT molecular complexity index is 1520. The van der Waals surface area contributed by atoms with E-state index in [4.69, 9.17) is 23.9 Å². The number of fused-ring (bicyclic) bond motifs is 4. The molecule has 5 nitrogen and oxygen atoms in total. The molecule has 3 atom stereocenters. The highest BCUT2D eigenvalue weighted by molar-refractivity contribution is 7.99. The van der Waals surface area contributed by atoms with Crippen molar-refractivity contribution in [1.82, 2.24) is 0 Å². The first-order valence-corrected chi connectivity index (χ1v) is 13.1. The summed E-state index contributed by atoms with van der Waals surface area (Å²) in [5.74, 6) is 2.32. The number of aliphatic imine (C=N–C) groups is 1. The highest BCUT2D eigenvalue weighted by Crippen LogP contribution is 2.56. The van der Waals surface area contributed by atoms with Crippen molar-refractivity contribution in [3.8, 4) is 23.0 Å². The molecule has 0 bridgehead atoms. The van der Waals surface area contributed by atoms with Crippen LogP contribution in [0.4, 0.5) is 10.1 Å². The second-order valence-electron chi connectivity index (χ2n) is 9.10. The summed E-state index contributed by atoms with van der Waals surface area (Å²) in [7, 11) is 4.89. The van der Waals surface area contributed by atoms with Crippen LogP contribution in [0.15, 0.2) is 94.8 Å². The van der Waals surface area contributed by atoms with Crippen LogP contribution in [0.2, 0.25) is 0 Å². The molecule has 0 aliphatic carbocycles. The molecular weight excluding hydrogens is 501 g/mol. The fourth-order valence-electron chi connectivity index (χ4n) is 5.14. The predicted molar refractivity (Wildman–Crippen MR) is 147 cm³/mol. The number of ether oxygens (including phenoxy) is 4. The summed E-state index contributed by atoms with van der Waals surface area (Å²) in [6.07, 6.45) is -0.348. The van der Waals surface area contributed by atoms with Gasteiger partial charge in [0, 0.05) is 15.7 Å². The second-order valence-corrected chi connectivity index (χ2v) is 10.3. The maximum Gasteiger partial charge on any atom is 0.161 e. The second kappa shape index (κ2) is 10.1. The van der Waals surface area contributed by atoms with Crippen LogP contribution in [0.5, 0.6) is 23.0 Å². The summed E-state index contributed by atoms with van der Waals surface area (Å²) in [4.78, 5) is 5.95. The predicted octanol–water partition coefficient (Wildman–Crippen LogP) is 7.57. The molecule has 0 saturated heterocycles. The first-order chi connectivity index (χ1) is 18.6. The van der Waals surface area contributed by atoms with Crippen LogP contribution >= 0.6 is 11.8 Å². The molecule has 0 aromatic heterocycles. The van der Waals surface area contributed by atoms with Gasteiger partial charge in [0.2, 0.25) is 0 Å². The third-order valence-electron chi connectivity index (χ3n) is 6.98. The van der Waals surface area contributed by atoms with E-state index < -0.39 is 0 Å². The number of thioether (sulfide) groups is 1. The largest absolute Gasteiger partial charge is 0.497 e. The van der Waals surface area contributed by atoms with Gasteiger partial charge in [0.25, 0.3) is 0 Å². The van der Waals surface area contributed by atoms with Gasteiger partial charge in [0.05, 0.1) is 38.6 Å². The van der Waals surface area contributed by atoms with E-state index in [0.29, 0.717) is 11.5 Å². The molecule has 6 rings (SSSR count). The van der Waals surface area contributed by atoms with Gasteiger partial charge in [-0.05, 0) is 65.7 Å². The molecule has 0 fully saturated rings. The van der Waals surface area contributed by atoms with Crippen molar-refractivity contribution in [2.75, 3.05) is 21.3 Å². The van der Waals surface area contributed by atoms with Crippen LogP contribution in [-0.2, 0) is 0 Å². The molecular formula is C31H26FNO4S.